The number of Topliss-reactive ketones (excluding diaryl/α,β-unsaturated/α-hetero) is 1. The van der Waals surface area contributed by atoms with Crippen molar-refractivity contribution in [2.75, 3.05) is 13.1 Å². The molecule has 2 nitrogen and oxygen atoms in total. The van der Waals surface area contributed by atoms with E-state index in [1.54, 1.807) is 19.1 Å². The molecular formula is C14H18FNO. The Bertz CT molecular complexity index is 411. The molecule has 92 valence electrons. The highest BCUT2D eigenvalue weighted by atomic mass is 19.1. The predicted molar refractivity (Wildman–Crippen MR) is 65.7 cm³/mol. The van der Waals surface area contributed by atoms with Gasteiger partial charge in [0.05, 0.1) is 0 Å². The maximum atomic E-state index is 13.1. The summed E-state index contributed by atoms with van der Waals surface area (Å²) in [5.41, 5.74) is 1.17. The van der Waals surface area contributed by atoms with Crippen LogP contribution < -0.4 is 5.32 Å². The Labute approximate surface area is 101 Å². The fourth-order valence-electron chi connectivity index (χ4n) is 2.30. The predicted octanol–water partition coefficient (Wildman–Crippen LogP) is 2.71. The zero-order valence-corrected chi connectivity index (χ0v) is 10.1. The molecule has 0 bridgehead atoms. The first-order chi connectivity index (χ1) is 8.16. The summed E-state index contributed by atoms with van der Waals surface area (Å²) in [7, 11) is 0. The molecule has 1 aromatic rings. The molecule has 3 heteroatoms. The average Bonchev–Trinajstić information content (AvgIpc) is 2.34. The first-order valence-electron chi connectivity index (χ1n) is 6.17. The Morgan fingerprint density at radius 3 is 3.00 bits per heavy atom. The second-order valence-corrected chi connectivity index (χ2v) is 4.80. The molecule has 1 aromatic carbocycles. The van der Waals surface area contributed by atoms with Gasteiger partial charge in [0.25, 0.3) is 0 Å². The van der Waals surface area contributed by atoms with Crippen molar-refractivity contribution >= 4 is 5.78 Å². The van der Waals surface area contributed by atoms with Gasteiger partial charge in [-0.1, -0.05) is 0 Å². The van der Waals surface area contributed by atoms with Crippen LogP contribution in [-0.4, -0.2) is 18.9 Å². The van der Waals surface area contributed by atoms with Crippen molar-refractivity contribution in [3.63, 3.8) is 0 Å². The number of rotatable bonds is 3. The van der Waals surface area contributed by atoms with E-state index in [4.69, 9.17) is 0 Å². The van der Waals surface area contributed by atoms with Crippen LogP contribution >= 0.6 is 0 Å². The molecule has 1 aliphatic rings. The highest BCUT2D eigenvalue weighted by molar-refractivity contribution is 5.96. The van der Waals surface area contributed by atoms with Crippen LogP contribution in [0.15, 0.2) is 18.2 Å². The summed E-state index contributed by atoms with van der Waals surface area (Å²) < 4.78 is 13.1. The van der Waals surface area contributed by atoms with Gasteiger partial charge < -0.3 is 5.32 Å². The quantitative estimate of drug-likeness (QED) is 0.816. The van der Waals surface area contributed by atoms with Gasteiger partial charge >= 0.3 is 0 Å². The molecule has 17 heavy (non-hydrogen) atoms. The standard InChI is InChI=1S/C14H18FNO/c1-10-7-12(4-5-13(10)15)14(17)8-11-3-2-6-16-9-11/h4-5,7,11,16H,2-3,6,8-9H2,1H3. The zero-order chi connectivity index (χ0) is 12.3. The molecule has 1 N–H and O–H groups in total. The smallest absolute Gasteiger partial charge is 0.163 e. The van der Waals surface area contributed by atoms with E-state index >= 15 is 0 Å². The molecule has 1 unspecified atom stereocenters. The molecular weight excluding hydrogens is 217 g/mol. The van der Waals surface area contributed by atoms with E-state index < -0.39 is 0 Å². The number of hydrogen-bond acceptors (Lipinski definition) is 2. The maximum absolute atomic E-state index is 13.1. The van der Waals surface area contributed by atoms with E-state index in [1.165, 1.54) is 6.07 Å². The number of carbonyl (C=O) groups is 1. The molecule has 1 saturated heterocycles. The van der Waals surface area contributed by atoms with E-state index in [-0.39, 0.29) is 11.6 Å². The molecule has 1 heterocycles. The number of carbonyl (C=O) groups excluding carboxylic acids is 1. The summed E-state index contributed by atoms with van der Waals surface area (Å²) >= 11 is 0. The summed E-state index contributed by atoms with van der Waals surface area (Å²) in [5, 5.41) is 3.30. The number of piperidine rings is 1. The molecule has 1 aliphatic heterocycles. The van der Waals surface area contributed by atoms with Gasteiger partial charge in [-0.25, -0.2) is 4.39 Å². The van der Waals surface area contributed by atoms with Gasteiger partial charge in [0, 0.05) is 12.0 Å². The number of benzene rings is 1. The fourth-order valence-corrected chi connectivity index (χ4v) is 2.30. The van der Waals surface area contributed by atoms with Crippen LogP contribution in [0.4, 0.5) is 4.39 Å². The Hall–Kier alpha value is -1.22. The van der Waals surface area contributed by atoms with E-state index in [1.807, 2.05) is 0 Å². The van der Waals surface area contributed by atoms with Crippen molar-refractivity contribution in [3.05, 3.63) is 35.1 Å². The van der Waals surface area contributed by atoms with Crippen LogP contribution in [0.2, 0.25) is 0 Å². The molecule has 1 atom stereocenters. The van der Waals surface area contributed by atoms with Crippen molar-refractivity contribution in [1.82, 2.24) is 5.32 Å². The minimum atomic E-state index is -0.249. The average molecular weight is 235 g/mol. The summed E-state index contributed by atoms with van der Waals surface area (Å²) in [6.07, 6.45) is 2.82. The van der Waals surface area contributed by atoms with Crippen LogP contribution in [0.3, 0.4) is 0 Å². The Morgan fingerprint density at radius 2 is 2.35 bits per heavy atom. The molecule has 0 amide bonds. The largest absolute Gasteiger partial charge is 0.316 e. The van der Waals surface area contributed by atoms with Gasteiger partial charge in [0.1, 0.15) is 5.82 Å². The number of nitrogens with one attached hydrogen (secondary N) is 1. The van der Waals surface area contributed by atoms with Crippen molar-refractivity contribution in [3.8, 4) is 0 Å². The summed E-state index contributed by atoms with van der Waals surface area (Å²) in [5.74, 6) is 0.310. The normalized spacial score (nSPS) is 20.2. The number of hydrogen-bond donors (Lipinski definition) is 1. The summed E-state index contributed by atoms with van der Waals surface area (Å²) in [4.78, 5) is 12.0. The van der Waals surface area contributed by atoms with E-state index in [2.05, 4.69) is 5.32 Å². The molecule has 2 rings (SSSR count). The third-order valence-electron chi connectivity index (χ3n) is 3.35. The third kappa shape index (κ3) is 3.13. The summed E-state index contributed by atoms with van der Waals surface area (Å²) in [6, 6.07) is 4.61. The van der Waals surface area contributed by atoms with Crippen molar-refractivity contribution in [2.24, 2.45) is 5.92 Å². The van der Waals surface area contributed by atoms with E-state index in [0.717, 1.165) is 25.9 Å². The molecule has 1 fully saturated rings. The lowest BCUT2D eigenvalue weighted by Crippen LogP contribution is -2.31. The summed E-state index contributed by atoms with van der Waals surface area (Å²) in [6.45, 7) is 3.67. The number of aryl methyl sites for hydroxylation is 1. The zero-order valence-electron chi connectivity index (χ0n) is 10.1. The third-order valence-corrected chi connectivity index (χ3v) is 3.35. The number of halogens is 1. The lowest BCUT2D eigenvalue weighted by molar-refractivity contribution is 0.0953. The Kier molecular flexibility index (Phi) is 3.89. The lowest BCUT2D eigenvalue weighted by Gasteiger charge is -2.21. The highest BCUT2D eigenvalue weighted by Crippen LogP contribution is 2.18. The molecule has 0 aromatic heterocycles. The SMILES string of the molecule is Cc1cc(C(=O)CC2CCCNC2)ccc1F. The van der Waals surface area contributed by atoms with Gasteiger partial charge in [-0.05, 0) is 62.5 Å². The molecule has 0 aliphatic carbocycles. The first-order valence-corrected chi connectivity index (χ1v) is 6.17. The minimum absolute atomic E-state index is 0.127. The van der Waals surface area contributed by atoms with Gasteiger partial charge in [0.15, 0.2) is 5.78 Å². The topological polar surface area (TPSA) is 29.1 Å². The first kappa shape index (κ1) is 12.2. The molecule has 0 spiro atoms. The minimum Gasteiger partial charge on any atom is -0.316 e. The maximum Gasteiger partial charge on any atom is 0.163 e. The number of ketones is 1. The van der Waals surface area contributed by atoms with Crippen LogP contribution in [0, 0.1) is 18.7 Å². The lowest BCUT2D eigenvalue weighted by atomic mass is 9.91. The van der Waals surface area contributed by atoms with Crippen LogP contribution in [0.5, 0.6) is 0 Å². The van der Waals surface area contributed by atoms with E-state index in [9.17, 15) is 9.18 Å². The van der Waals surface area contributed by atoms with Crippen molar-refractivity contribution in [2.45, 2.75) is 26.2 Å². The highest BCUT2D eigenvalue weighted by Gasteiger charge is 2.18. The van der Waals surface area contributed by atoms with Crippen molar-refractivity contribution < 1.29 is 9.18 Å². The monoisotopic (exact) mass is 235 g/mol. The Morgan fingerprint density at radius 1 is 1.53 bits per heavy atom. The van der Waals surface area contributed by atoms with Gasteiger partial charge in [0.2, 0.25) is 0 Å². The van der Waals surface area contributed by atoms with E-state index in [0.29, 0.717) is 23.5 Å². The second kappa shape index (κ2) is 5.41. The second-order valence-electron chi connectivity index (χ2n) is 4.80. The van der Waals surface area contributed by atoms with Crippen LogP contribution in [-0.2, 0) is 0 Å². The van der Waals surface area contributed by atoms with Gasteiger partial charge in [-0.15, -0.1) is 0 Å². The van der Waals surface area contributed by atoms with Gasteiger partial charge in [-0.2, -0.15) is 0 Å². The van der Waals surface area contributed by atoms with Gasteiger partial charge in [-0.3, -0.25) is 4.79 Å². The van der Waals surface area contributed by atoms with Crippen LogP contribution in [0.1, 0.15) is 35.2 Å². The Balaban J connectivity index is 2.01. The molecule has 0 radical (unpaired) electrons. The van der Waals surface area contributed by atoms with Crippen LogP contribution in [0.25, 0.3) is 0 Å². The van der Waals surface area contributed by atoms with Crippen molar-refractivity contribution in [1.29, 1.82) is 0 Å². The molecule has 0 saturated carbocycles. The fraction of sp³-hybridized carbons (Fsp3) is 0.500.